The summed E-state index contributed by atoms with van der Waals surface area (Å²) in [7, 11) is 3.26. The number of likely N-dealkylation sites (N-methyl/N-ethyl adjacent to an activating group) is 1. The molecule has 0 spiro atoms. The first-order valence-electron chi connectivity index (χ1n) is 6.55. The molecular weight excluding hydrogens is 314 g/mol. The highest BCUT2D eigenvalue weighted by atomic mass is 32.2. The summed E-state index contributed by atoms with van der Waals surface area (Å²) in [6.45, 7) is -2.95. The quantitative estimate of drug-likeness (QED) is 0.846. The smallest absolute Gasteiger partial charge is 0.387 e. The Bertz CT molecular complexity index is 569. The van der Waals surface area contributed by atoms with Crippen LogP contribution in [0, 0.1) is 0 Å². The van der Waals surface area contributed by atoms with Crippen molar-refractivity contribution in [2.24, 2.45) is 0 Å². The van der Waals surface area contributed by atoms with Gasteiger partial charge in [0.25, 0.3) is 5.91 Å². The number of alkyl halides is 2. The standard InChI is InChI=1S/C14H16F2N2O3S/c1-17(2)13(20)11-7-22-8-18(11)12(19)9-4-3-5-10(6-9)21-14(15)16/h3-6,11,14H,7-8H2,1-2H3/t11-/m0/s1. The fourth-order valence-electron chi connectivity index (χ4n) is 2.12. The lowest BCUT2D eigenvalue weighted by molar-refractivity contribution is -0.132. The molecule has 5 nitrogen and oxygen atoms in total. The predicted octanol–water partition coefficient (Wildman–Crippen LogP) is 1.89. The average Bonchev–Trinajstić information content (AvgIpc) is 2.94. The second kappa shape index (κ2) is 6.95. The summed E-state index contributed by atoms with van der Waals surface area (Å²) in [4.78, 5) is 27.5. The lowest BCUT2D eigenvalue weighted by atomic mass is 10.1. The molecule has 1 aromatic carbocycles. The number of amides is 2. The molecule has 1 aliphatic rings. The summed E-state index contributed by atoms with van der Waals surface area (Å²) >= 11 is 1.48. The molecule has 0 N–H and O–H groups in total. The summed E-state index contributed by atoms with van der Waals surface area (Å²) in [5.74, 6) is 0.311. The maximum atomic E-state index is 12.5. The maximum Gasteiger partial charge on any atom is 0.387 e. The van der Waals surface area contributed by atoms with Gasteiger partial charge in [-0.2, -0.15) is 8.78 Å². The average molecular weight is 330 g/mol. The Labute approximate surface area is 131 Å². The zero-order chi connectivity index (χ0) is 16.3. The van der Waals surface area contributed by atoms with E-state index in [4.69, 9.17) is 0 Å². The molecule has 0 saturated carbocycles. The van der Waals surface area contributed by atoms with Crippen LogP contribution >= 0.6 is 11.8 Å². The summed E-state index contributed by atoms with van der Waals surface area (Å²) in [5, 5.41) is 0. The number of ether oxygens (including phenoxy) is 1. The molecule has 8 heteroatoms. The van der Waals surface area contributed by atoms with Gasteiger partial charge < -0.3 is 14.5 Å². The second-order valence-electron chi connectivity index (χ2n) is 4.93. The van der Waals surface area contributed by atoms with Gasteiger partial charge in [-0.15, -0.1) is 11.8 Å². The number of hydrogen-bond donors (Lipinski definition) is 0. The molecule has 1 fully saturated rings. The van der Waals surface area contributed by atoms with E-state index >= 15 is 0 Å². The molecule has 0 unspecified atom stereocenters. The normalized spacial score (nSPS) is 17.7. The number of benzene rings is 1. The third-order valence-corrected chi connectivity index (χ3v) is 4.19. The van der Waals surface area contributed by atoms with Crippen LogP contribution in [0.5, 0.6) is 5.75 Å². The van der Waals surface area contributed by atoms with Crippen molar-refractivity contribution in [2.45, 2.75) is 12.7 Å². The van der Waals surface area contributed by atoms with Gasteiger partial charge in [0.15, 0.2) is 0 Å². The molecule has 22 heavy (non-hydrogen) atoms. The van der Waals surface area contributed by atoms with Crippen molar-refractivity contribution in [2.75, 3.05) is 25.7 Å². The van der Waals surface area contributed by atoms with E-state index in [-0.39, 0.29) is 23.1 Å². The lowest BCUT2D eigenvalue weighted by Gasteiger charge is -2.25. The van der Waals surface area contributed by atoms with Crippen LogP contribution in [0.3, 0.4) is 0 Å². The van der Waals surface area contributed by atoms with Crippen molar-refractivity contribution >= 4 is 23.6 Å². The van der Waals surface area contributed by atoms with E-state index in [2.05, 4.69) is 4.74 Å². The Morgan fingerprint density at radius 1 is 1.41 bits per heavy atom. The number of hydrogen-bond acceptors (Lipinski definition) is 4. The number of thioether (sulfide) groups is 1. The van der Waals surface area contributed by atoms with Gasteiger partial charge in [-0.3, -0.25) is 9.59 Å². The fraction of sp³-hybridized carbons (Fsp3) is 0.429. The van der Waals surface area contributed by atoms with Gasteiger partial charge in [-0.25, -0.2) is 0 Å². The van der Waals surface area contributed by atoms with E-state index in [1.807, 2.05) is 0 Å². The summed E-state index contributed by atoms with van der Waals surface area (Å²) < 4.78 is 28.8. The minimum Gasteiger partial charge on any atom is -0.435 e. The number of carbonyl (C=O) groups is 2. The molecule has 120 valence electrons. The van der Waals surface area contributed by atoms with Crippen LogP contribution in [0.4, 0.5) is 8.78 Å². The summed E-state index contributed by atoms with van der Waals surface area (Å²) in [5.41, 5.74) is 0.220. The molecule has 2 rings (SSSR count). The van der Waals surface area contributed by atoms with Gasteiger partial charge in [0.05, 0.1) is 5.88 Å². The van der Waals surface area contributed by atoms with Crippen LogP contribution in [-0.4, -0.2) is 60.0 Å². The Hall–Kier alpha value is -1.83. The van der Waals surface area contributed by atoms with E-state index in [1.165, 1.54) is 45.8 Å². The molecule has 1 aliphatic heterocycles. The molecule has 1 saturated heterocycles. The number of carbonyl (C=O) groups excluding carboxylic acids is 2. The Morgan fingerprint density at radius 2 is 2.14 bits per heavy atom. The van der Waals surface area contributed by atoms with Gasteiger partial charge in [0.1, 0.15) is 11.8 Å². The molecule has 1 aromatic rings. The van der Waals surface area contributed by atoms with Crippen molar-refractivity contribution in [3.63, 3.8) is 0 Å². The van der Waals surface area contributed by atoms with Gasteiger partial charge in [-0.1, -0.05) is 6.07 Å². The Balaban J connectivity index is 2.18. The molecule has 0 bridgehead atoms. The van der Waals surface area contributed by atoms with Gasteiger partial charge in [-0.05, 0) is 18.2 Å². The highest BCUT2D eigenvalue weighted by Crippen LogP contribution is 2.25. The second-order valence-corrected chi connectivity index (χ2v) is 5.93. The minimum atomic E-state index is -2.95. The Morgan fingerprint density at radius 3 is 2.77 bits per heavy atom. The first-order valence-corrected chi connectivity index (χ1v) is 7.70. The maximum absolute atomic E-state index is 12.5. The van der Waals surface area contributed by atoms with E-state index in [1.54, 1.807) is 14.1 Å². The van der Waals surface area contributed by atoms with Gasteiger partial charge >= 0.3 is 6.61 Å². The van der Waals surface area contributed by atoms with E-state index in [9.17, 15) is 18.4 Å². The fourth-order valence-corrected chi connectivity index (χ4v) is 3.26. The largest absolute Gasteiger partial charge is 0.435 e. The number of nitrogens with zero attached hydrogens (tertiary/aromatic N) is 2. The van der Waals surface area contributed by atoms with Crippen LogP contribution in [0.2, 0.25) is 0 Å². The summed E-state index contributed by atoms with van der Waals surface area (Å²) in [6, 6.07) is 5.06. The third-order valence-electron chi connectivity index (χ3n) is 3.18. The van der Waals surface area contributed by atoms with Crippen LogP contribution in [0.15, 0.2) is 24.3 Å². The van der Waals surface area contributed by atoms with E-state index < -0.39 is 12.7 Å². The minimum absolute atomic E-state index is 0.0804. The molecule has 1 atom stereocenters. The van der Waals surface area contributed by atoms with Crippen LogP contribution in [0.25, 0.3) is 0 Å². The van der Waals surface area contributed by atoms with Crippen molar-refractivity contribution in [3.05, 3.63) is 29.8 Å². The van der Waals surface area contributed by atoms with Crippen molar-refractivity contribution in [1.29, 1.82) is 0 Å². The van der Waals surface area contributed by atoms with E-state index in [0.717, 1.165) is 0 Å². The molecule has 1 heterocycles. The molecule has 0 aliphatic carbocycles. The number of halogens is 2. The monoisotopic (exact) mass is 330 g/mol. The highest BCUT2D eigenvalue weighted by molar-refractivity contribution is 7.99. The lowest BCUT2D eigenvalue weighted by Crippen LogP contribution is -2.46. The molecule has 0 aromatic heterocycles. The molecule has 2 amide bonds. The summed E-state index contributed by atoms with van der Waals surface area (Å²) in [6.07, 6.45) is 0. The predicted molar refractivity (Wildman–Crippen MR) is 79.1 cm³/mol. The van der Waals surface area contributed by atoms with E-state index in [0.29, 0.717) is 11.6 Å². The zero-order valence-corrected chi connectivity index (χ0v) is 13.0. The molecule has 0 radical (unpaired) electrons. The van der Waals surface area contributed by atoms with Gasteiger partial charge in [0.2, 0.25) is 5.91 Å². The number of rotatable bonds is 4. The Kier molecular flexibility index (Phi) is 5.23. The van der Waals surface area contributed by atoms with Crippen molar-refractivity contribution in [3.8, 4) is 5.75 Å². The van der Waals surface area contributed by atoms with Crippen LogP contribution in [0.1, 0.15) is 10.4 Å². The zero-order valence-electron chi connectivity index (χ0n) is 12.2. The van der Waals surface area contributed by atoms with Gasteiger partial charge in [0, 0.05) is 25.4 Å². The molecular formula is C14H16F2N2O3S. The van der Waals surface area contributed by atoms with Crippen LogP contribution < -0.4 is 4.74 Å². The SMILES string of the molecule is CN(C)C(=O)[C@@H]1CSCN1C(=O)c1cccc(OC(F)F)c1. The topological polar surface area (TPSA) is 49.9 Å². The third kappa shape index (κ3) is 3.68. The highest BCUT2D eigenvalue weighted by Gasteiger charge is 2.36. The first kappa shape index (κ1) is 16.5. The van der Waals surface area contributed by atoms with Crippen LogP contribution in [-0.2, 0) is 4.79 Å². The first-order chi connectivity index (χ1) is 10.4. The van der Waals surface area contributed by atoms with Crippen molar-refractivity contribution < 1.29 is 23.1 Å². The van der Waals surface area contributed by atoms with Crippen molar-refractivity contribution in [1.82, 2.24) is 9.80 Å².